The first-order valence-corrected chi connectivity index (χ1v) is 31.8. The molecule has 2 atom stereocenters. The molecule has 0 aromatic heterocycles. The summed E-state index contributed by atoms with van der Waals surface area (Å²) in [5, 5.41) is 0. The van der Waals surface area contributed by atoms with E-state index in [2.05, 4.69) is 13.8 Å². The van der Waals surface area contributed by atoms with Gasteiger partial charge in [-0.15, -0.1) is 0 Å². The molecule has 0 amide bonds. The van der Waals surface area contributed by atoms with Gasteiger partial charge in [0, 0.05) is 12.8 Å². The zero-order valence-electron chi connectivity index (χ0n) is 46.8. The predicted octanol–water partition coefficient (Wildman–Crippen LogP) is 18.7. The Morgan fingerprint density at radius 2 is 0.652 bits per heavy atom. The minimum absolute atomic E-state index is 0.0372. The quantitative estimate of drug-likeness (QED) is 0.0278. The highest BCUT2D eigenvalue weighted by Gasteiger charge is 2.27. The SMILES string of the molecule is CCCCCCCCCCCCCCCCCCCCCCCCCCCCCCCCCCCC(=O)OC(COC(=O)CCCCCCCCCCCCCC)COP(=O)(O)OCC[N+](C)(C)C. The van der Waals surface area contributed by atoms with Gasteiger partial charge >= 0.3 is 19.8 Å². The average Bonchev–Trinajstić information content (AvgIpc) is 3.31. The van der Waals surface area contributed by atoms with Crippen LogP contribution >= 0.6 is 7.82 Å². The van der Waals surface area contributed by atoms with E-state index in [0.717, 1.165) is 38.5 Å². The van der Waals surface area contributed by atoms with Crippen LogP contribution in [0.25, 0.3) is 0 Å². The van der Waals surface area contributed by atoms with E-state index in [0.29, 0.717) is 17.4 Å². The lowest BCUT2D eigenvalue weighted by molar-refractivity contribution is -0.870. The Morgan fingerprint density at radius 1 is 0.391 bits per heavy atom. The van der Waals surface area contributed by atoms with E-state index >= 15 is 0 Å². The summed E-state index contributed by atoms with van der Waals surface area (Å²) >= 11 is 0. The van der Waals surface area contributed by atoms with Crippen LogP contribution in [0.5, 0.6) is 0 Å². The highest BCUT2D eigenvalue weighted by Crippen LogP contribution is 2.43. The second-order valence-electron chi connectivity index (χ2n) is 22.1. The number of ether oxygens (including phenoxy) is 2. The maximum Gasteiger partial charge on any atom is 0.472 e. The Labute approximate surface area is 429 Å². The fourth-order valence-electron chi connectivity index (χ4n) is 9.20. The number of esters is 2. The molecular formula is C59H119NO8P+. The molecule has 0 heterocycles. The fraction of sp³-hybridized carbons (Fsp3) is 0.966. The molecule has 0 aliphatic rings. The van der Waals surface area contributed by atoms with Crippen molar-refractivity contribution in [2.75, 3.05) is 47.5 Å². The topological polar surface area (TPSA) is 108 Å². The number of hydrogen-bond acceptors (Lipinski definition) is 7. The fourth-order valence-corrected chi connectivity index (χ4v) is 9.94. The van der Waals surface area contributed by atoms with Crippen molar-refractivity contribution < 1.29 is 42.1 Å². The second kappa shape index (κ2) is 51.9. The molecule has 2 unspecified atom stereocenters. The third-order valence-electron chi connectivity index (χ3n) is 13.9. The Balaban J connectivity index is 3.91. The molecular weight excluding hydrogens is 882 g/mol. The number of rotatable bonds is 57. The third-order valence-corrected chi connectivity index (χ3v) is 14.9. The third kappa shape index (κ3) is 56.2. The van der Waals surface area contributed by atoms with E-state index in [9.17, 15) is 19.0 Å². The summed E-state index contributed by atoms with van der Waals surface area (Å²) in [4.78, 5) is 35.6. The number of phosphoric ester groups is 1. The van der Waals surface area contributed by atoms with Crippen LogP contribution in [0.4, 0.5) is 0 Å². The lowest BCUT2D eigenvalue weighted by atomic mass is 10.0. The maximum absolute atomic E-state index is 12.8. The molecule has 1 N–H and O–H groups in total. The molecule has 0 saturated carbocycles. The first kappa shape index (κ1) is 68.0. The molecule has 69 heavy (non-hydrogen) atoms. The normalized spacial score (nSPS) is 13.2. The zero-order chi connectivity index (χ0) is 50.6. The molecule has 0 saturated heterocycles. The van der Waals surface area contributed by atoms with Gasteiger partial charge in [-0.2, -0.15) is 0 Å². The smallest absolute Gasteiger partial charge is 0.462 e. The Bertz CT molecular complexity index is 1130. The summed E-state index contributed by atoms with van der Waals surface area (Å²) < 4.78 is 34.5. The average molecular weight is 1000 g/mol. The standard InChI is InChI=1S/C59H118NO8P/c1-6-8-10-12-14-16-18-20-21-22-23-24-25-26-27-28-29-30-31-32-33-34-35-36-37-38-39-40-42-44-46-48-50-52-59(62)68-57(56-67-69(63,64)66-54-53-60(3,4)5)55-65-58(61)51-49-47-45-43-41-19-17-15-13-11-9-7-2/h57H,6-56H2,1-5H3/p+1. The number of nitrogens with zero attached hydrogens (tertiary/aromatic N) is 1. The van der Waals surface area contributed by atoms with Gasteiger partial charge in [-0.25, -0.2) is 4.57 Å². The van der Waals surface area contributed by atoms with Gasteiger partial charge in [-0.05, 0) is 12.8 Å². The minimum atomic E-state index is -4.37. The van der Waals surface area contributed by atoms with Gasteiger partial charge in [0.25, 0.3) is 0 Å². The number of carbonyl (C=O) groups excluding carboxylic acids is 2. The van der Waals surface area contributed by atoms with E-state index < -0.39 is 26.5 Å². The molecule has 9 nitrogen and oxygen atoms in total. The zero-order valence-corrected chi connectivity index (χ0v) is 47.7. The molecule has 10 heteroatoms. The van der Waals surface area contributed by atoms with Crippen LogP contribution in [-0.4, -0.2) is 74.9 Å². The van der Waals surface area contributed by atoms with E-state index in [1.165, 1.54) is 250 Å². The molecule has 0 spiro atoms. The van der Waals surface area contributed by atoms with Crippen molar-refractivity contribution in [3.8, 4) is 0 Å². The van der Waals surface area contributed by atoms with Gasteiger partial charge in [0.15, 0.2) is 6.10 Å². The van der Waals surface area contributed by atoms with Gasteiger partial charge in [0.05, 0.1) is 27.7 Å². The number of likely N-dealkylation sites (N-methyl/N-ethyl adjacent to an activating group) is 1. The number of carbonyl (C=O) groups is 2. The number of quaternary nitrogens is 1. The summed E-state index contributed by atoms with van der Waals surface area (Å²) in [6.45, 7) is 4.49. The second-order valence-corrected chi connectivity index (χ2v) is 23.6. The Hall–Kier alpha value is -0.990. The highest BCUT2D eigenvalue weighted by atomic mass is 31.2. The van der Waals surface area contributed by atoms with Crippen LogP contribution in [0.15, 0.2) is 0 Å². The Morgan fingerprint density at radius 3 is 0.928 bits per heavy atom. The highest BCUT2D eigenvalue weighted by molar-refractivity contribution is 7.47. The monoisotopic (exact) mass is 1000 g/mol. The number of phosphoric acid groups is 1. The molecule has 0 aliphatic carbocycles. The summed E-state index contributed by atoms with van der Waals surface area (Å²) in [5.41, 5.74) is 0. The summed E-state index contributed by atoms with van der Waals surface area (Å²) in [7, 11) is 1.50. The van der Waals surface area contributed by atoms with Crippen LogP contribution in [0.3, 0.4) is 0 Å². The molecule has 0 rings (SSSR count). The number of hydrogen-bond donors (Lipinski definition) is 1. The van der Waals surface area contributed by atoms with Gasteiger partial charge in [0.2, 0.25) is 0 Å². The van der Waals surface area contributed by atoms with Gasteiger partial charge < -0.3 is 18.9 Å². The predicted molar refractivity (Wildman–Crippen MR) is 294 cm³/mol. The lowest BCUT2D eigenvalue weighted by Gasteiger charge is -2.24. The van der Waals surface area contributed by atoms with E-state index in [-0.39, 0.29) is 25.6 Å². The molecule has 0 radical (unpaired) electrons. The van der Waals surface area contributed by atoms with Crippen LogP contribution in [0.1, 0.15) is 316 Å². The first-order chi connectivity index (χ1) is 33.5. The lowest BCUT2D eigenvalue weighted by Crippen LogP contribution is -2.37. The maximum atomic E-state index is 12.8. The van der Waals surface area contributed by atoms with Gasteiger partial charge in [0.1, 0.15) is 19.8 Å². The van der Waals surface area contributed by atoms with Crippen LogP contribution < -0.4 is 0 Å². The van der Waals surface area contributed by atoms with Crippen LogP contribution in [0, 0.1) is 0 Å². The summed E-state index contributed by atoms with van der Waals surface area (Å²) in [5.74, 6) is -0.777. The molecule has 0 aliphatic heterocycles. The molecule has 412 valence electrons. The summed E-state index contributed by atoms with van der Waals surface area (Å²) in [6.07, 6.45) is 59.2. The van der Waals surface area contributed by atoms with Crippen molar-refractivity contribution >= 4 is 19.8 Å². The van der Waals surface area contributed by atoms with E-state index in [1.54, 1.807) is 0 Å². The van der Waals surface area contributed by atoms with Gasteiger partial charge in [-0.1, -0.05) is 290 Å². The van der Waals surface area contributed by atoms with Crippen molar-refractivity contribution in [2.24, 2.45) is 0 Å². The van der Waals surface area contributed by atoms with Crippen molar-refractivity contribution in [2.45, 2.75) is 322 Å². The van der Waals surface area contributed by atoms with E-state index in [4.69, 9.17) is 18.5 Å². The molecule has 0 aromatic carbocycles. The Kier molecular flexibility index (Phi) is 51.1. The molecule has 0 aromatic rings. The molecule has 0 fully saturated rings. The van der Waals surface area contributed by atoms with Gasteiger partial charge in [-0.3, -0.25) is 18.6 Å². The van der Waals surface area contributed by atoms with Crippen LogP contribution in [0.2, 0.25) is 0 Å². The van der Waals surface area contributed by atoms with Crippen LogP contribution in [-0.2, 0) is 32.7 Å². The van der Waals surface area contributed by atoms with Crippen molar-refractivity contribution in [1.29, 1.82) is 0 Å². The summed E-state index contributed by atoms with van der Waals surface area (Å²) in [6, 6.07) is 0. The van der Waals surface area contributed by atoms with E-state index in [1.807, 2.05) is 21.1 Å². The largest absolute Gasteiger partial charge is 0.472 e. The molecule has 0 bridgehead atoms. The number of unbranched alkanes of at least 4 members (excludes halogenated alkanes) is 43. The first-order valence-electron chi connectivity index (χ1n) is 30.3. The van der Waals surface area contributed by atoms with Crippen molar-refractivity contribution in [3.05, 3.63) is 0 Å². The van der Waals surface area contributed by atoms with Crippen molar-refractivity contribution in [1.82, 2.24) is 0 Å². The van der Waals surface area contributed by atoms with Crippen molar-refractivity contribution in [3.63, 3.8) is 0 Å². The minimum Gasteiger partial charge on any atom is -0.462 e.